The standard InChI is InChI=1S/C13H14N4O3/c1-17-6-8(5-15-17)12(14)13(18)16-9-2-3-10-11(4-9)20-7-19-10/h2-6,12H,7,14H2,1H3,(H,16,18). The Morgan fingerprint density at radius 3 is 3.00 bits per heavy atom. The monoisotopic (exact) mass is 274 g/mol. The highest BCUT2D eigenvalue weighted by Gasteiger charge is 2.19. The SMILES string of the molecule is Cn1cc(C(N)C(=O)Nc2ccc3c(c2)OCO3)cn1. The van der Waals surface area contributed by atoms with Gasteiger partial charge in [-0.15, -0.1) is 0 Å². The van der Waals surface area contributed by atoms with E-state index in [0.29, 0.717) is 22.7 Å². The van der Waals surface area contributed by atoms with Gasteiger partial charge in [-0.1, -0.05) is 0 Å². The van der Waals surface area contributed by atoms with Crippen LogP contribution in [0.15, 0.2) is 30.6 Å². The molecular formula is C13H14N4O3. The van der Waals surface area contributed by atoms with Crippen LogP contribution in [0.4, 0.5) is 5.69 Å². The minimum absolute atomic E-state index is 0.196. The smallest absolute Gasteiger partial charge is 0.246 e. The van der Waals surface area contributed by atoms with Crippen LogP contribution in [0.1, 0.15) is 11.6 Å². The number of carbonyl (C=O) groups excluding carboxylic acids is 1. The maximum absolute atomic E-state index is 12.1. The van der Waals surface area contributed by atoms with Crippen LogP contribution in [0.5, 0.6) is 11.5 Å². The third-order valence-electron chi connectivity index (χ3n) is 3.01. The van der Waals surface area contributed by atoms with E-state index in [4.69, 9.17) is 15.2 Å². The lowest BCUT2D eigenvalue weighted by molar-refractivity contribution is -0.117. The number of nitrogens with one attached hydrogen (secondary N) is 1. The highest BCUT2D eigenvalue weighted by atomic mass is 16.7. The summed E-state index contributed by atoms with van der Waals surface area (Å²) in [6.45, 7) is 0.196. The van der Waals surface area contributed by atoms with Crippen molar-refractivity contribution in [1.29, 1.82) is 0 Å². The Morgan fingerprint density at radius 2 is 2.25 bits per heavy atom. The minimum Gasteiger partial charge on any atom is -0.454 e. The van der Waals surface area contributed by atoms with Gasteiger partial charge in [0.2, 0.25) is 12.7 Å². The quantitative estimate of drug-likeness (QED) is 0.863. The molecule has 0 saturated heterocycles. The van der Waals surface area contributed by atoms with E-state index in [1.165, 1.54) is 0 Å². The van der Waals surface area contributed by atoms with Crippen LogP contribution in [0.25, 0.3) is 0 Å². The average Bonchev–Trinajstić information content (AvgIpc) is 3.05. The number of fused-ring (bicyclic) bond motifs is 1. The summed E-state index contributed by atoms with van der Waals surface area (Å²) < 4.78 is 12.1. The molecule has 104 valence electrons. The average molecular weight is 274 g/mol. The molecular weight excluding hydrogens is 260 g/mol. The highest BCUT2D eigenvalue weighted by molar-refractivity contribution is 5.95. The van der Waals surface area contributed by atoms with Crippen molar-refractivity contribution in [2.75, 3.05) is 12.1 Å². The number of rotatable bonds is 3. The van der Waals surface area contributed by atoms with E-state index in [0.717, 1.165) is 0 Å². The summed E-state index contributed by atoms with van der Waals surface area (Å²) in [5, 5.41) is 6.74. The van der Waals surface area contributed by atoms with Gasteiger partial charge in [-0.3, -0.25) is 9.48 Å². The predicted octanol–water partition coefficient (Wildman–Crippen LogP) is 0.787. The molecule has 1 amide bonds. The lowest BCUT2D eigenvalue weighted by Crippen LogP contribution is -2.27. The van der Waals surface area contributed by atoms with Gasteiger partial charge in [-0.2, -0.15) is 5.10 Å². The molecule has 1 unspecified atom stereocenters. The fourth-order valence-corrected chi connectivity index (χ4v) is 1.95. The van der Waals surface area contributed by atoms with E-state index < -0.39 is 6.04 Å². The number of carbonyl (C=O) groups is 1. The fourth-order valence-electron chi connectivity index (χ4n) is 1.95. The van der Waals surface area contributed by atoms with Crippen molar-refractivity contribution in [3.63, 3.8) is 0 Å². The van der Waals surface area contributed by atoms with Crippen LogP contribution in [-0.2, 0) is 11.8 Å². The first-order valence-electron chi connectivity index (χ1n) is 6.08. The zero-order valence-corrected chi connectivity index (χ0v) is 10.9. The molecule has 1 aromatic heterocycles. The van der Waals surface area contributed by atoms with Crippen LogP contribution in [0.3, 0.4) is 0 Å². The van der Waals surface area contributed by atoms with E-state index in [-0.39, 0.29) is 12.7 Å². The molecule has 3 N–H and O–H groups in total. The number of aryl methyl sites for hydroxylation is 1. The van der Waals surface area contributed by atoms with Gasteiger partial charge in [-0.05, 0) is 12.1 Å². The molecule has 1 aromatic carbocycles. The number of hydrogen-bond donors (Lipinski definition) is 2. The second kappa shape index (κ2) is 4.86. The maximum atomic E-state index is 12.1. The normalized spacial score (nSPS) is 14.1. The second-order valence-electron chi connectivity index (χ2n) is 4.48. The van der Waals surface area contributed by atoms with Gasteiger partial charge in [0.05, 0.1) is 6.20 Å². The Hall–Kier alpha value is -2.54. The Balaban J connectivity index is 1.72. The summed E-state index contributed by atoms with van der Waals surface area (Å²) in [4.78, 5) is 12.1. The first-order valence-corrected chi connectivity index (χ1v) is 6.08. The molecule has 1 atom stereocenters. The molecule has 7 nitrogen and oxygen atoms in total. The molecule has 0 spiro atoms. The Morgan fingerprint density at radius 1 is 1.45 bits per heavy atom. The van der Waals surface area contributed by atoms with Gasteiger partial charge in [0, 0.05) is 30.6 Å². The van der Waals surface area contributed by atoms with Crippen LogP contribution in [0.2, 0.25) is 0 Å². The molecule has 7 heteroatoms. The summed E-state index contributed by atoms with van der Waals surface area (Å²) in [5.41, 5.74) is 7.16. The minimum atomic E-state index is -0.769. The van der Waals surface area contributed by atoms with Crippen molar-refractivity contribution in [1.82, 2.24) is 9.78 Å². The largest absolute Gasteiger partial charge is 0.454 e. The number of ether oxygens (including phenoxy) is 2. The molecule has 0 bridgehead atoms. The van der Waals surface area contributed by atoms with Gasteiger partial charge >= 0.3 is 0 Å². The van der Waals surface area contributed by atoms with Crippen molar-refractivity contribution in [2.45, 2.75) is 6.04 Å². The third-order valence-corrected chi connectivity index (χ3v) is 3.01. The van der Waals surface area contributed by atoms with Crippen LogP contribution < -0.4 is 20.5 Å². The number of hydrogen-bond acceptors (Lipinski definition) is 5. The lowest BCUT2D eigenvalue weighted by Gasteiger charge is -2.11. The zero-order valence-electron chi connectivity index (χ0n) is 10.9. The van der Waals surface area contributed by atoms with Gasteiger partial charge in [0.25, 0.3) is 0 Å². The van der Waals surface area contributed by atoms with E-state index in [1.807, 2.05) is 0 Å². The van der Waals surface area contributed by atoms with Crippen LogP contribution >= 0.6 is 0 Å². The molecule has 1 aliphatic rings. The molecule has 2 heterocycles. The van der Waals surface area contributed by atoms with E-state index in [1.54, 1.807) is 42.3 Å². The molecule has 20 heavy (non-hydrogen) atoms. The number of nitrogens with two attached hydrogens (primary N) is 1. The van der Waals surface area contributed by atoms with Crippen molar-refractivity contribution < 1.29 is 14.3 Å². The highest BCUT2D eigenvalue weighted by Crippen LogP contribution is 2.34. The maximum Gasteiger partial charge on any atom is 0.246 e. The Labute approximate surface area is 115 Å². The molecule has 0 aliphatic carbocycles. The van der Waals surface area contributed by atoms with Crippen molar-refractivity contribution in [2.24, 2.45) is 12.8 Å². The van der Waals surface area contributed by atoms with Crippen molar-refractivity contribution in [3.05, 3.63) is 36.2 Å². The summed E-state index contributed by atoms with van der Waals surface area (Å²) in [6, 6.07) is 4.42. The molecule has 1 aliphatic heterocycles. The predicted molar refractivity (Wildman–Crippen MR) is 71.3 cm³/mol. The van der Waals surface area contributed by atoms with Crippen LogP contribution in [-0.4, -0.2) is 22.5 Å². The van der Waals surface area contributed by atoms with E-state index >= 15 is 0 Å². The van der Waals surface area contributed by atoms with Gasteiger partial charge in [-0.25, -0.2) is 0 Å². The van der Waals surface area contributed by atoms with Gasteiger partial charge in [0.1, 0.15) is 6.04 Å². The first-order chi connectivity index (χ1) is 9.63. The zero-order chi connectivity index (χ0) is 14.1. The third kappa shape index (κ3) is 2.30. The van der Waals surface area contributed by atoms with Gasteiger partial charge in [0.15, 0.2) is 11.5 Å². The molecule has 0 saturated carbocycles. The first kappa shape index (κ1) is 12.5. The second-order valence-corrected chi connectivity index (χ2v) is 4.48. The number of aromatic nitrogens is 2. The number of amides is 1. The summed E-state index contributed by atoms with van der Waals surface area (Å²) >= 11 is 0. The van der Waals surface area contributed by atoms with Crippen LogP contribution in [0, 0.1) is 0 Å². The van der Waals surface area contributed by atoms with Gasteiger partial charge < -0.3 is 20.5 Å². The summed E-state index contributed by atoms with van der Waals surface area (Å²) in [7, 11) is 1.77. The number of nitrogens with zero attached hydrogens (tertiary/aromatic N) is 2. The summed E-state index contributed by atoms with van der Waals surface area (Å²) in [6.07, 6.45) is 3.29. The van der Waals surface area contributed by atoms with Crippen molar-refractivity contribution in [3.8, 4) is 11.5 Å². The lowest BCUT2D eigenvalue weighted by atomic mass is 10.1. The fraction of sp³-hybridized carbons (Fsp3) is 0.231. The molecule has 0 radical (unpaired) electrons. The molecule has 0 fully saturated rings. The van der Waals surface area contributed by atoms with E-state index in [2.05, 4.69) is 10.4 Å². The molecule has 2 aromatic rings. The summed E-state index contributed by atoms with van der Waals surface area (Å²) in [5.74, 6) is 0.967. The number of benzene rings is 1. The Kier molecular flexibility index (Phi) is 3.03. The Bertz CT molecular complexity index is 653. The number of anilines is 1. The van der Waals surface area contributed by atoms with Crippen molar-refractivity contribution >= 4 is 11.6 Å². The topological polar surface area (TPSA) is 91.4 Å². The molecule has 3 rings (SSSR count). The van der Waals surface area contributed by atoms with E-state index in [9.17, 15) is 4.79 Å².